The molecular formula is C13H15FN2O2S. The van der Waals surface area contributed by atoms with E-state index in [2.05, 4.69) is 10.1 Å². The lowest BCUT2D eigenvalue weighted by molar-refractivity contribution is 0.180. The molecule has 1 aromatic carbocycles. The molecule has 0 fully saturated rings. The fourth-order valence-corrected chi connectivity index (χ4v) is 2.27. The van der Waals surface area contributed by atoms with Crippen LogP contribution in [0.5, 0.6) is 0 Å². The van der Waals surface area contributed by atoms with E-state index in [-0.39, 0.29) is 11.9 Å². The van der Waals surface area contributed by atoms with Gasteiger partial charge in [0.25, 0.3) is 0 Å². The fraction of sp³-hybridized carbons (Fsp3) is 0.385. The van der Waals surface area contributed by atoms with E-state index < -0.39 is 0 Å². The minimum Gasteiger partial charge on any atom is -0.393 e. The molecule has 1 N–H and O–H groups in total. The van der Waals surface area contributed by atoms with Crippen LogP contribution < -0.4 is 0 Å². The number of halogens is 1. The molecule has 0 saturated heterocycles. The van der Waals surface area contributed by atoms with E-state index in [4.69, 9.17) is 9.63 Å². The molecule has 2 aromatic rings. The number of benzene rings is 1. The Morgan fingerprint density at radius 1 is 1.47 bits per heavy atom. The lowest BCUT2D eigenvalue weighted by Gasteiger charge is -1.98. The Morgan fingerprint density at radius 2 is 2.32 bits per heavy atom. The van der Waals surface area contributed by atoms with Gasteiger partial charge in [-0.15, -0.1) is 11.8 Å². The molecule has 1 atom stereocenters. The number of aliphatic hydroxyl groups excluding tert-OH is 1. The molecule has 1 heterocycles. The van der Waals surface area contributed by atoms with E-state index >= 15 is 0 Å². The summed E-state index contributed by atoms with van der Waals surface area (Å²) in [6.45, 7) is 1.72. The Hall–Kier alpha value is -1.40. The van der Waals surface area contributed by atoms with Crippen molar-refractivity contribution in [2.24, 2.45) is 0 Å². The third-order valence-corrected chi connectivity index (χ3v) is 3.44. The highest BCUT2D eigenvalue weighted by Crippen LogP contribution is 2.22. The summed E-state index contributed by atoms with van der Waals surface area (Å²) in [5, 5.41) is 13.0. The third-order valence-electron chi connectivity index (χ3n) is 2.45. The van der Waals surface area contributed by atoms with Crippen molar-refractivity contribution in [1.29, 1.82) is 0 Å². The summed E-state index contributed by atoms with van der Waals surface area (Å²) in [5.74, 6) is 1.38. The first kappa shape index (κ1) is 14.0. The van der Waals surface area contributed by atoms with E-state index in [9.17, 15) is 4.39 Å². The van der Waals surface area contributed by atoms with Crippen LogP contribution in [0, 0.1) is 5.82 Å². The minimum atomic E-state index is -0.378. The molecule has 0 radical (unpaired) electrons. The smallest absolute Gasteiger partial charge is 0.226 e. The Morgan fingerprint density at radius 3 is 3.05 bits per heavy atom. The molecule has 0 amide bonds. The normalized spacial score (nSPS) is 12.6. The van der Waals surface area contributed by atoms with Crippen LogP contribution in [-0.4, -0.2) is 21.4 Å². The lowest BCUT2D eigenvalue weighted by Crippen LogP contribution is -2.01. The topological polar surface area (TPSA) is 59.2 Å². The maximum Gasteiger partial charge on any atom is 0.226 e. The van der Waals surface area contributed by atoms with Crippen LogP contribution in [0.15, 0.2) is 33.7 Å². The van der Waals surface area contributed by atoms with Crippen LogP contribution in [0.2, 0.25) is 0 Å². The quantitative estimate of drug-likeness (QED) is 0.826. The van der Waals surface area contributed by atoms with Crippen LogP contribution in [0.3, 0.4) is 0 Å². The zero-order chi connectivity index (χ0) is 13.7. The number of hydrogen-bond acceptors (Lipinski definition) is 5. The SMILES string of the molecule is CC(O)CCc1nc(CSc2cccc(F)c2)no1. The van der Waals surface area contributed by atoms with E-state index in [0.29, 0.717) is 30.3 Å². The fourth-order valence-electron chi connectivity index (χ4n) is 1.49. The van der Waals surface area contributed by atoms with E-state index in [1.54, 1.807) is 13.0 Å². The summed E-state index contributed by atoms with van der Waals surface area (Å²) in [5.41, 5.74) is 0. The van der Waals surface area contributed by atoms with E-state index in [1.165, 1.54) is 23.9 Å². The monoisotopic (exact) mass is 282 g/mol. The molecule has 4 nitrogen and oxygen atoms in total. The number of rotatable bonds is 6. The van der Waals surface area contributed by atoms with Gasteiger partial charge in [-0.3, -0.25) is 0 Å². The Balaban J connectivity index is 1.86. The maximum atomic E-state index is 13.0. The standard InChI is InChI=1S/C13H15FN2O2S/c1-9(17)5-6-13-15-12(16-18-13)8-19-11-4-2-3-10(14)7-11/h2-4,7,9,17H,5-6,8H2,1H3. The Kier molecular flexibility index (Phi) is 4.93. The molecular weight excluding hydrogens is 267 g/mol. The largest absolute Gasteiger partial charge is 0.393 e. The van der Waals surface area contributed by atoms with Gasteiger partial charge in [-0.25, -0.2) is 4.39 Å². The summed E-state index contributed by atoms with van der Waals surface area (Å²) in [6, 6.07) is 6.38. The van der Waals surface area contributed by atoms with Gasteiger partial charge in [0.1, 0.15) is 5.82 Å². The van der Waals surface area contributed by atoms with Gasteiger partial charge >= 0.3 is 0 Å². The lowest BCUT2D eigenvalue weighted by atomic mass is 10.2. The van der Waals surface area contributed by atoms with Crippen LogP contribution in [0.4, 0.5) is 4.39 Å². The van der Waals surface area contributed by atoms with E-state index in [0.717, 1.165) is 4.90 Å². The second kappa shape index (κ2) is 6.68. The van der Waals surface area contributed by atoms with Gasteiger partial charge in [-0.05, 0) is 31.5 Å². The van der Waals surface area contributed by atoms with Crippen molar-refractivity contribution in [3.8, 4) is 0 Å². The van der Waals surface area contributed by atoms with Gasteiger partial charge in [-0.2, -0.15) is 4.98 Å². The van der Waals surface area contributed by atoms with Crippen molar-refractivity contribution in [3.05, 3.63) is 41.8 Å². The third kappa shape index (κ3) is 4.65. The second-order valence-corrected chi connectivity index (χ2v) is 5.29. The van der Waals surface area contributed by atoms with Crippen molar-refractivity contribution in [1.82, 2.24) is 10.1 Å². The highest BCUT2D eigenvalue weighted by atomic mass is 32.2. The second-order valence-electron chi connectivity index (χ2n) is 4.24. The molecule has 0 bridgehead atoms. The van der Waals surface area contributed by atoms with Crippen molar-refractivity contribution in [2.75, 3.05) is 0 Å². The van der Waals surface area contributed by atoms with Crippen molar-refractivity contribution >= 4 is 11.8 Å². The van der Waals surface area contributed by atoms with E-state index in [1.807, 2.05) is 6.07 Å². The average Bonchev–Trinajstić information content (AvgIpc) is 2.82. The summed E-state index contributed by atoms with van der Waals surface area (Å²) in [7, 11) is 0. The summed E-state index contributed by atoms with van der Waals surface area (Å²) < 4.78 is 18.1. The molecule has 0 saturated carbocycles. The summed E-state index contributed by atoms with van der Waals surface area (Å²) in [4.78, 5) is 5.05. The van der Waals surface area contributed by atoms with Gasteiger partial charge in [0.15, 0.2) is 5.82 Å². The van der Waals surface area contributed by atoms with Crippen LogP contribution in [-0.2, 0) is 12.2 Å². The van der Waals surface area contributed by atoms with Gasteiger partial charge in [0, 0.05) is 11.3 Å². The van der Waals surface area contributed by atoms with Crippen molar-refractivity contribution in [3.63, 3.8) is 0 Å². The molecule has 19 heavy (non-hydrogen) atoms. The first-order chi connectivity index (χ1) is 9.13. The molecule has 2 rings (SSSR count). The molecule has 0 aliphatic heterocycles. The molecule has 1 unspecified atom stereocenters. The molecule has 6 heteroatoms. The van der Waals surface area contributed by atoms with Crippen LogP contribution in [0.1, 0.15) is 25.1 Å². The number of nitrogens with zero attached hydrogens (tertiary/aromatic N) is 2. The van der Waals surface area contributed by atoms with Crippen molar-refractivity contribution < 1.29 is 14.0 Å². The first-order valence-corrected chi connectivity index (χ1v) is 7.00. The molecule has 102 valence electrons. The molecule has 0 aliphatic rings. The number of aromatic nitrogens is 2. The van der Waals surface area contributed by atoms with Gasteiger partial charge in [0.05, 0.1) is 11.9 Å². The zero-order valence-electron chi connectivity index (χ0n) is 10.5. The summed E-state index contributed by atoms with van der Waals surface area (Å²) in [6.07, 6.45) is 0.783. The van der Waals surface area contributed by atoms with Gasteiger partial charge in [-0.1, -0.05) is 11.2 Å². The molecule has 1 aromatic heterocycles. The highest BCUT2D eigenvalue weighted by molar-refractivity contribution is 7.98. The number of aliphatic hydroxyl groups is 1. The van der Waals surface area contributed by atoms with Crippen molar-refractivity contribution in [2.45, 2.75) is 36.5 Å². The van der Waals surface area contributed by atoms with Crippen LogP contribution >= 0.6 is 11.8 Å². The zero-order valence-corrected chi connectivity index (χ0v) is 11.4. The Labute approximate surface area is 115 Å². The van der Waals surface area contributed by atoms with Crippen LogP contribution in [0.25, 0.3) is 0 Å². The van der Waals surface area contributed by atoms with Gasteiger partial charge in [0.2, 0.25) is 5.89 Å². The minimum absolute atomic E-state index is 0.254. The highest BCUT2D eigenvalue weighted by Gasteiger charge is 2.08. The number of thioether (sulfide) groups is 1. The predicted molar refractivity (Wildman–Crippen MR) is 70.3 cm³/mol. The number of hydrogen-bond donors (Lipinski definition) is 1. The summed E-state index contributed by atoms with van der Waals surface area (Å²) >= 11 is 1.45. The molecule has 0 spiro atoms. The Bertz CT molecular complexity index is 531. The molecule has 0 aliphatic carbocycles. The van der Waals surface area contributed by atoms with Gasteiger partial charge < -0.3 is 9.63 Å². The number of aryl methyl sites for hydroxylation is 1. The predicted octanol–water partition coefficient (Wildman–Crippen LogP) is 2.81. The maximum absolute atomic E-state index is 13.0. The first-order valence-electron chi connectivity index (χ1n) is 6.01. The average molecular weight is 282 g/mol.